The lowest BCUT2D eigenvalue weighted by Crippen LogP contribution is -2.08. The lowest BCUT2D eigenvalue weighted by molar-refractivity contribution is -0.138. The fraction of sp³-hybridized carbons (Fsp3) is 0.357. The number of benzene rings is 1. The van der Waals surface area contributed by atoms with Gasteiger partial charge in [0, 0.05) is 12.8 Å². The molecule has 0 aliphatic carbocycles. The molecule has 3 N–H and O–H groups in total. The molecule has 1 aromatic carbocycles. The highest BCUT2D eigenvalue weighted by atomic mass is 16.4. The van der Waals surface area contributed by atoms with Crippen LogP contribution in [0.4, 0.5) is 0 Å². The van der Waals surface area contributed by atoms with Crippen LogP contribution in [0.15, 0.2) is 12.1 Å². The summed E-state index contributed by atoms with van der Waals surface area (Å²) in [5.74, 6) is -3.08. The maximum Gasteiger partial charge on any atom is 0.335 e. The molecule has 0 aliphatic heterocycles. The second-order valence-corrected chi connectivity index (χ2v) is 4.53. The molecule has 0 saturated heterocycles. The first-order valence-corrected chi connectivity index (χ1v) is 6.10. The fourth-order valence-corrected chi connectivity index (χ4v) is 1.97. The monoisotopic (exact) mass is 280 g/mol. The summed E-state index contributed by atoms with van der Waals surface area (Å²) in [4.78, 5) is 32.3. The molecule has 0 radical (unpaired) electrons. The molecule has 0 heterocycles. The van der Waals surface area contributed by atoms with E-state index in [-0.39, 0.29) is 31.2 Å². The summed E-state index contributed by atoms with van der Waals surface area (Å²) in [7, 11) is 0. The lowest BCUT2D eigenvalue weighted by Gasteiger charge is -2.11. The maximum atomic E-state index is 11.2. The predicted molar refractivity (Wildman–Crippen MR) is 70.1 cm³/mol. The molecule has 6 heteroatoms. The van der Waals surface area contributed by atoms with Crippen molar-refractivity contribution in [2.24, 2.45) is 0 Å². The van der Waals surface area contributed by atoms with Crippen molar-refractivity contribution in [1.29, 1.82) is 0 Å². The van der Waals surface area contributed by atoms with Gasteiger partial charge in [0.15, 0.2) is 0 Å². The Kier molecular flexibility index (Phi) is 5.25. The van der Waals surface area contributed by atoms with Crippen LogP contribution in [0.3, 0.4) is 0 Å². The van der Waals surface area contributed by atoms with Gasteiger partial charge in [-0.1, -0.05) is 6.07 Å². The zero-order valence-corrected chi connectivity index (χ0v) is 11.0. The van der Waals surface area contributed by atoms with Crippen LogP contribution >= 0.6 is 0 Å². The van der Waals surface area contributed by atoms with Crippen molar-refractivity contribution in [3.63, 3.8) is 0 Å². The number of aryl methyl sites for hydroxylation is 3. The number of carboxylic acids is 3. The Morgan fingerprint density at radius 2 is 1.40 bits per heavy atom. The van der Waals surface area contributed by atoms with Gasteiger partial charge in [-0.3, -0.25) is 9.59 Å². The Bertz CT molecular complexity index is 547. The topological polar surface area (TPSA) is 112 Å². The molecule has 0 amide bonds. The Morgan fingerprint density at radius 3 is 1.85 bits per heavy atom. The highest BCUT2D eigenvalue weighted by molar-refractivity contribution is 5.90. The van der Waals surface area contributed by atoms with Crippen molar-refractivity contribution in [2.75, 3.05) is 0 Å². The minimum absolute atomic E-state index is 0.0391. The third kappa shape index (κ3) is 4.38. The van der Waals surface area contributed by atoms with E-state index in [9.17, 15) is 14.4 Å². The number of hydrogen-bond acceptors (Lipinski definition) is 3. The summed E-state index contributed by atoms with van der Waals surface area (Å²) in [5.41, 5.74) is 1.93. The summed E-state index contributed by atoms with van der Waals surface area (Å²) < 4.78 is 0. The van der Waals surface area contributed by atoms with Crippen LogP contribution in [0, 0.1) is 6.92 Å². The van der Waals surface area contributed by atoms with E-state index in [2.05, 4.69) is 0 Å². The minimum Gasteiger partial charge on any atom is -0.481 e. The molecule has 20 heavy (non-hydrogen) atoms. The molecule has 1 aromatic rings. The van der Waals surface area contributed by atoms with Crippen molar-refractivity contribution in [3.05, 3.63) is 34.4 Å². The van der Waals surface area contributed by atoms with Crippen LogP contribution in [0.1, 0.15) is 39.9 Å². The Balaban J connectivity index is 3.07. The quantitative estimate of drug-likeness (QED) is 0.701. The average molecular weight is 280 g/mol. The zero-order chi connectivity index (χ0) is 15.3. The van der Waals surface area contributed by atoms with Crippen LogP contribution in [-0.2, 0) is 22.4 Å². The standard InChI is InChI=1S/C14H16O6/c1-8-6-10(3-5-13(17)18)11(14(19)20)7-9(8)2-4-12(15)16/h6-7H,2-5H2,1H3,(H,15,16)(H,17,18)(H,19,20). The van der Waals surface area contributed by atoms with Crippen LogP contribution < -0.4 is 0 Å². The van der Waals surface area contributed by atoms with Crippen molar-refractivity contribution in [2.45, 2.75) is 32.6 Å². The van der Waals surface area contributed by atoms with Crippen molar-refractivity contribution in [1.82, 2.24) is 0 Å². The van der Waals surface area contributed by atoms with Crippen molar-refractivity contribution >= 4 is 17.9 Å². The molecule has 0 saturated carbocycles. The maximum absolute atomic E-state index is 11.2. The summed E-state index contributed by atoms with van der Waals surface area (Å²) >= 11 is 0. The first-order valence-electron chi connectivity index (χ1n) is 6.10. The molecule has 108 valence electrons. The van der Waals surface area contributed by atoms with E-state index in [0.717, 1.165) is 5.56 Å². The summed E-state index contributed by atoms with van der Waals surface area (Å²) in [6.07, 6.45) is 0.167. The van der Waals surface area contributed by atoms with E-state index in [0.29, 0.717) is 11.1 Å². The smallest absolute Gasteiger partial charge is 0.335 e. The van der Waals surface area contributed by atoms with Gasteiger partial charge in [0.1, 0.15) is 0 Å². The molecule has 0 aliphatic rings. The molecule has 0 atom stereocenters. The SMILES string of the molecule is Cc1cc(CCC(=O)O)c(C(=O)O)cc1CCC(=O)O. The van der Waals surface area contributed by atoms with Gasteiger partial charge in [-0.2, -0.15) is 0 Å². The van der Waals surface area contributed by atoms with Crippen molar-refractivity contribution in [3.8, 4) is 0 Å². The van der Waals surface area contributed by atoms with Gasteiger partial charge in [-0.25, -0.2) is 4.79 Å². The largest absolute Gasteiger partial charge is 0.481 e. The van der Waals surface area contributed by atoms with E-state index in [1.165, 1.54) is 6.07 Å². The normalized spacial score (nSPS) is 10.2. The van der Waals surface area contributed by atoms with E-state index < -0.39 is 17.9 Å². The second-order valence-electron chi connectivity index (χ2n) is 4.53. The molecule has 0 unspecified atom stereocenters. The second kappa shape index (κ2) is 6.70. The van der Waals surface area contributed by atoms with Gasteiger partial charge in [-0.05, 0) is 42.5 Å². The van der Waals surface area contributed by atoms with Gasteiger partial charge in [0.25, 0.3) is 0 Å². The third-order valence-corrected chi connectivity index (χ3v) is 3.01. The molecule has 1 rings (SSSR count). The highest BCUT2D eigenvalue weighted by Crippen LogP contribution is 2.20. The Labute approximate surface area is 115 Å². The van der Waals surface area contributed by atoms with E-state index >= 15 is 0 Å². The first kappa shape index (κ1) is 15.7. The summed E-state index contributed by atoms with van der Waals surface area (Å²) in [5, 5.41) is 26.5. The van der Waals surface area contributed by atoms with Gasteiger partial charge in [0.05, 0.1) is 5.56 Å². The number of hydrogen-bond donors (Lipinski definition) is 3. The van der Waals surface area contributed by atoms with Gasteiger partial charge < -0.3 is 15.3 Å². The molecule has 0 aromatic heterocycles. The molecular formula is C14H16O6. The van der Waals surface area contributed by atoms with E-state index in [4.69, 9.17) is 15.3 Å². The minimum atomic E-state index is -1.14. The predicted octanol–water partition coefficient (Wildman–Crippen LogP) is 1.73. The van der Waals surface area contributed by atoms with Crippen LogP contribution in [0.2, 0.25) is 0 Å². The lowest BCUT2D eigenvalue weighted by atomic mass is 9.94. The first-order chi connectivity index (χ1) is 9.31. The number of carboxylic acid groups (broad SMARTS) is 3. The highest BCUT2D eigenvalue weighted by Gasteiger charge is 2.14. The summed E-state index contributed by atoms with van der Waals surface area (Å²) in [6, 6.07) is 3.07. The third-order valence-electron chi connectivity index (χ3n) is 3.01. The Morgan fingerprint density at radius 1 is 0.900 bits per heavy atom. The van der Waals surface area contributed by atoms with Crippen LogP contribution in [-0.4, -0.2) is 33.2 Å². The van der Waals surface area contributed by atoms with Gasteiger partial charge in [0.2, 0.25) is 0 Å². The number of carbonyl (C=O) groups is 3. The average Bonchev–Trinajstić information content (AvgIpc) is 2.34. The number of aromatic carboxylic acids is 1. The fourth-order valence-electron chi connectivity index (χ4n) is 1.97. The molecule has 0 bridgehead atoms. The van der Waals surface area contributed by atoms with E-state index in [1.807, 2.05) is 0 Å². The van der Waals surface area contributed by atoms with Gasteiger partial charge in [-0.15, -0.1) is 0 Å². The number of aliphatic carboxylic acids is 2. The van der Waals surface area contributed by atoms with E-state index in [1.54, 1.807) is 13.0 Å². The van der Waals surface area contributed by atoms with Crippen LogP contribution in [0.25, 0.3) is 0 Å². The number of rotatable bonds is 7. The summed E-state index contributed by atoms with van der Waals surface area (Å²) in [6.45, 7) is 1.76. The molecular weight excluding hydrogens is 264 g/mol. The van der Waals surface area contributed by atoms with Crippen molar-refractivity contribution < 1.29 is 29.7 Å². The molecule has 6 nitrogen and oxygen atoms in total. The van der Waals surface area contributed by atoms with Crippen LogP contribution in [0.5, 0.6) is 0 Å². The Hall–Kier alpha value is -2.37. The molecule has 0 fully saturated rings. The van der Waals surface area contributed by atoms with Gasteiger partial charge >= 0.3 is 17.9 Å². The molecule has 0 spiro atoms. The zero-order valence-electron chi connectivity index (χ0n) is 11.0.